The van der Waals surface area contributed by atoms with Crippen molar-refractivity contribution in [1.82, 2.24) is 0 Å². The molecule has 0 fully saturated rings. The normalized spacial score (nSPS) is 15.7. The Kier molecular flexibility index (Phi) is 3.61. The van der Waals surface area contributed by atoms with E-state index in [1.807, 2.05) is 31.2 Å². The molecule has 0 spiro atoms. The highest BCUT2D eigenvalue weighted by atomic mass is 32.8. The summed E-state index contributed by atoms with van der Waals surface area (Å²) in [6.45, 7) is 2.21. The van der Waals surface area contributed by atoms with Crippen molar-refractivity contribution in [3.63, 3.8) is 0 Å². The zero-order valence-electron chi connectivity index (χ0n) is 11.4. The van der Waals surface area contributed by atoms with E-state index < -0.39 is 8.77 Å². The van der Waals surface area contributed by atoms with Gasteiger partial charge in [-0.3, -0.25) is 0 Å². The van der Waals surface area contributed by atoms with Crippen molar-refractivity contribution in [1.29, 1.82) is 0 Å². The molecule has 1 aliphatic rings. The van der Waals surface area contributed by atoms with Gasteiger partial charge in [-0.05, 0) is 54.3 Å². The average Bonchev–Trinajstić information content (AvgIpc) is 2.87. The number of aryl methyl sites for hydroxylation is 1. The Morgan fingerprint density at radius 1 is 1.19 bits per heavy atom. The van der Waals surface area contributed by atoms with Crippen LogP contribution in [0.25, 0.3) is 0 Å². The van der Waals surface area contributed by atoms with Crippen LogP contribution in [0.2, 0.25) is 0 Å². The van der Waals surface area contributed by atoms with Gasteiger partial charge in [-0.15, -0.1) is 0 Å². The summed E-state index contributed by atoms with van der Waals surface area (Å²) in [6, 6.07) is 10.9. The molecule has 0 amide bonds. The molecule has 0 saturated carbocycles. The molecule has 1 heterocycles. The molecule has 2 aromatic rings. The smallest absolute Gasteiger partial charge is 0.231 e. The molecular weight excluding hydrogens is 308 g/mol. The van der Waals surface area contributed by atoms with Gasteiger partial charge in [0.1, 0.15) is 0 Å². The molecule has 3 rings (SSSR count). The van der Waals surface area contributed by atoms with E-state index in [2.05, 4.69) is 11.2 Å². The lowest BCUT2D eigenvalue weighted by Gasteiger charge is -2.09. The molecule has 0 bridgehead atoms. The Bertz CT molecular complexity index is 797. The monoisotopic (exact) mass is 322 g/mol. The molecule has 1 atom stereocenters. The first-order valence-corrected chi connectivity index (χ1v) is 8.83. The van der Waals surface area contributed by atoms with Crippen LogP contribution in [0.1, 0.15) is 16.7 Å². The predicted octanol–water partition coefficient (Wildman–Crippen LogP) is 2.89. The number of hydrogen-bond acceptors (Lipinski definition) is 4. The summed E-state index contributed by atoms with van der Waals surface area (Å²) in [6.07, 6.45) is 0.640. The SMILES string of the molecule is Cc1ccc(S(=O)(O)=S)cc1Cc1ccc2c(c1)OCO2. The van der Waals surface area contributed by atoms with Gasteiger partial charge >= 0.3 is 0 Å². The van der Waals surface area contributed by atoms with Crippen LogP contribution in [0, 0.1) is 6.92 Å². The van der Waals surface area contributed by atoms with E-state index in [4.69, 9.17) is 9.47 Å². The number of hydrogen-bond donors (Lipinski definition) is 1. The van der Waals surface area contributed by atoms with Crippen LogP contribution in [-0.4, -0.2) is 15.6 Å². The molecule has 2 aromatic carbocycles. The Morgan fingerprint density at radius 3 is 2.71 bits per heavy atom. The summed E-state index contributed by atoms with van der Waals surface area (Å²) >= 11 is 4.63. The lowest BCUT2D eigenvalue weighted by molar-refractivity contribution is 0.174. The summed E-state index contributed by atoms with van der Waals surface area (Å²) in [5.41, 5.74) is 3.07. The second-order valence-corrected chi connectivity index (χ2v) is 7.70. The highest BCUT2D eigenvalue weighted by molar-refractivity contribution is 8.29. The first kappa shape index (κ1) is 14.3. The average molecular weight is 322 g/mol. The van der Waals surface area contributed by atoms with E-state index in [0.29, 0.717) is 6.42 Å². The fraction of sp³-hybridized carbons (Fsp3) is 0.200. The number of rotatable bonds is 3. The molecule has 0 aromatic heterocycles. The number of fused-ring (bicyclic) bond motifs is 1. The molecular formula is C15H14O4S2. The maximum absolute atomic E-state index is 11.6. The molecule has 0 aliphatic carbocycles. The summed E-state index contributed by atoms with van der Waals surface area (Å²) in [5, 5.41) is 0. The molecule has 1 aliphatic heterocycles. The van der Waals surface area contributed by atoms with E-state index in [0.717, 1.165) is 28.2 Å². The fourth-order valence-electron chi connectivity index (χ4n) is 2.27. The Morgan fingerprint density at radius 2 is 1.95 bits per heavy atom. The van der Waals surface area contributed by atoms with Gasteiger partial charge in [0.25, 0.3) is 0 Å². The quantitative estimate of drug-likeness (QED) is 0.941. The van der Waals surface area contributed by atoms with Gasteiger partial charge < -0.3 is 14.0 Å². The number of ether oxygens (including phenoxy) is 2. The molecule has 0 saturated heterocycles. The predicted molar refractivity (Wildman–Crippen MR) is 83.0 cm³/mol. The molecule has 4 nitrogen and oxygen atoms in total. The Labute approximate surface area is 128 Å². The van der Waals surface area contributed by atoms with Gasteiger partial charge in [0.05, 0.1) is 4.90 Å². The van der Waals surface area contributed by atoms with Gasteiger partial charge in [-0.2, -0.15) is 0 Å². The highest BCUT2D eigenvalue weighted by Crippen LogP contribution is 2.33. The van der Waals surface area contributed by atoms with Crippen LogP contribution in [0.5, 0.6) is 11.5 Å². The van der Waals surface area contributed by atoms with Crippen LogP contribution < -0.4 is 9.47 Å². The number of benzene rings is 2. The lowest BCUT2D eigenvalue weighted by atomic mass is 10.0. The van der Waals surface area contributed by atoms with E-state index in [1.54, 1.807) is 12.1 Å². The van der Waals surface area contributed by atoms with Crippen molar-refractivity contribution >= 4 is 20.0 Å². The third kappa shape index (κ3) is 3.02. The third-order valence-corrected chi connectivity index (χ3v) is 4.88. The fourth-order valence-corrected chi connectivity index (χ4v) is 3.11. The van der Waals surface area contributed by atoms with E-state index in [9.17, 15) is 8.76 Å². The molecule has 1 unspecified atom stereocenters. The zero-order valence-corrected chi connectivity index (χ0v) is 13.0. The largest absolute Gasteiger partial charge is 0.454 e. The van der Waals surface area contributed by atoms with E-state index >= 15 is 0 Å². The van der Waals surface area contributed by atoms with Crippen molar-refractivity contribution < 1.29 is 18.2 Å². The van der Waals surface area contributed by atoms with Crippen molar-refractivity contribution in [3.8, 4) is 11.5 Å². The summed E-state index contributed by atoms with van der Waals surface area (Å²) < 4.78 is 31.7. The van der Waals surface area contributed by atoms with Crippen molar-refractivity contribution in [2.24, 2.45) is 0 Å². The Hall–Kier alpha value is -1.63. The second kappa shape index (κ2) is 5.29. The Balaban J connectivity index is 1.94. The van der Waals surface area contributed by atoms with Crippen LogP contribution in [-0.2, 0) is 26.4 Å². The first-order chi connectivity index (χ1) is 9.93. The van der Waals surface area contributed by atoms with Crippen molar-refractivity contribution in [2.75, 3.05) is 6.79 Å². The minimum atomic E-state index is -3.36. The van der Waals surface area contributed by atoms with Crippen LogP contribution in [0.15, 0.2) is 41.3 Å². The minimum Gasteiger partial charge on any atom is -0.454 e. The van der Waals surface area contributed by atoms with Crippen LogP contribution in [0.4, 0.5) is 0 Å². The maximum atomic E-state index is 11.6. The summed E-state index contributed by atoms with van der Waals surface area (Å²) in [4.78, 5) is 0.277. The van der Waals surface area contributed by atoms with Gasteiger partial charge in [-0.25, -0.2) is 4.21 Å². The van der Waals surface area contributed by atoms with Crippen molar-refractivity contribution in [3.05, 3.63) is 53.1 Å². The van der Waals surface area contributed by atoms with Crippen LogP contribution >= 0.6 is 0 Å². The molecule has 110 valence electrons. The maximum Gasteiger partial charge on any atom is 0.231 e. The third-order valence-electron chi connectivity index (χ3n) is 3.45. The minimum absolute atomic E-state index is 0.246. The highest BCUT2D eigenvalue weighted by Gasteiger charge is 2.14. The molecule has 21 heavy (non-hydrogen) atoms. The second-order valence-electron chi connectivity index (χ2n) is 4.93. The molecule has 0 radical (unpaired) electrons. The lowest BCUT2D eigenvalue weighted by Crippen LogP contribution is -2.00. The van der Waals surface area contributed by atoms with E-state index in [-0.39, 0.29) is 11.7 Å². The summed E-state index contributed by atoms with van der Waals surface area (Å²) in [7, 11) is -3.36. The first-order valence-electron chi connectivity index (χ1n) is 6.39. The standard InChI is InChI=1S/C15H14O4S2/c1-10-2-4-13(21(16,17)20)8-12(10)6-11-3-5-14-15(7-11)19-9-18-14/h2-5,7-8H,6,9H2,1H3,(H,16,17,20). The van der Waals surface area contributed by atoms with Gasteiger partial charge in [0.15, 0.2) is 20.3 Å². The van der Waals surface area contributed by atoms with Gasteiger partial charge in [0, 0.05) is 11.2 Å². The zero-order chi connectivity index (χ0) is 15.0. The topological polar surface area (TPSA) is 55.8 Å². The van der Waals surface area contributed by atoms with E-state index in [1.165, 1.54) is 0 Å². The van der Waals surface area contributed by atoms with Crippen molar-refractivity contribution in [2.45, 2.75) is 18.2 Å². The summed E-state index contributed by atoms with van der Waals surface area (Å²) in [5.74, 6) is 1.48. The van der Waals surface area contributed by atoms with Gasteiger partial charge in [-0.1, -0.05) is 12.1 Å². The van der Waals surface area contributed by atoms with Gasteiger partial charge in [0.2, 0.25) is 6.79 Å². The van der Waals surface area contributed by atoms with Crippen LogP contribution in [0.3, 0.4) is 0 Å². The molecule has 6 heteroatoms. The molecule has 1 N–H and O–H groups in total.